The highest BCUT2D eigenvalue weighted by atomic mass is 79.9. The number of hydrogen-bond acceptors (Lipinski definition) is 3. The van der Waals surface area contributed by atoms with Crippen LogP contribution in [-0.2, 0) is 9.59 Å². The second kappa shape index (κ2) is 5.50. The van der Waals surface area contributed by atoms with Crippen molar-refractivity contribution in [2.75, 3.05) is 5.32 Å². The lowest BCUT2D eigenvalue weighted by molar-refractivity contribution is -0.144. The Morgan fingerprint density at radius 2 is 1.81 bits per heavy atom. The smallest absolute Gasteiger partial charge is 0.326 e. The monoisotopic (exact) mass is 287 g/mol. The summed E-state index contributed by atoms with van der Waals surface area (Å²) in [5.74, 6) is -2.35. The van der Waals surface area contributed by atoms with E-state index in [9.17, 15) is 9.59 Å². The molecule has 0 aliphatic heterocycles. The molecule has 0 aliphatic carbocycles. The van der Waals surface area contributed by atoms with Gasteiger partial charge in [-0.1, -0.05) is 15.9 Å². The molecule has 0 heterocycles. The number of halogens is 1. The Labute approximate surface area is 100 Å². The molecule has 0 amide bonds. The lowest BCUT2D eigenvalue weighted by Gasteiger charge is -2.13. The maximum atomic E-state index is 10.8. The molecule has 0 bridgehead atoms. The van der Waals surface area contributed by atoms with Crippen molar-refractivity contribution in [1.82, 2.24) is 0 Å². The molecule has 0 saturated carbocycles. The fraction of sp³-hybridized carbons (Fsp3) is 0.200. The van der Waals surface area contributed by atoms with Crippen molar-refractivity contribution in [3.8, 4) is 0 Å². The van der Waals surface area contributed by atoms with Gasteiger partial charge >= 0.3 is 11.9 Å². The number of benzene rings is 1. The first-order valence-electron chi connectivity index (χ1n) is 4.45. The quantitative estimate of drug-likeness (QED) is 0.769. The zero-order valence-corrected chi connectivity index (χ0v) is 9.77. The molecule has 1 aromatic rings. The Kier molecular flexibility index (Phi) is 4.30. The number of carbonyl (C=O) groups is 2. The van der Waals surface area contributed by atoms with Crippen LogP contribution in [0, 0.1) is 0 Å². The summed E-state index contributed by atoms with van der Waals surface area (Å²) in [7, 11) is 0. The highest BCUT2D eigenvalue weighted by Gasteiger charge is 2.20. The van der Waals surface area contributed by atoms with Crippen LogP contribution in [0.1, 0.15) is 6.42 Å². The number of carboxylic acid groups (broad SMARTS) is 2. The molecular weight excluding hydrogens is 278 g/mol. The largest absolute Gasteiger partial charge is 0.481 e. The Bertz CT molecular complexity index is 390. The van der Waals surface area contributed by atoms with Gasteiger partial charge in [0, 0.05) is 10.2 Å². The van der Waals surface area contributed by atoms with Crippen LogP contribution in [0.15, 0.2) is 28.7 Å². The fourth-order valence-electron chi connectivity index (χ4n) is 1.12. The highest BCUT2D eigenvalue weighted by Crippen LogP contribution is 2.15. The van der Waals surface area contributed by atoms with Gasteiger partial charge in [0.15, 0.2) is 0 Å². The van der Waals surface area contributed by atoms with Crippen LogP contribution in [0.4, 0.5) is 5.69 Å². The van der Waals surface area contributed by atoms with Gasteiger partial charge in [-0.25, -0.2) is 4.79 Å². The van der Waals surface area contributed by atoms with Crippen LogP contribution in [0.3, 0.4) is 0 Å². The third kappa shape index (κ3) is 3.90. The van der Waals surface area contributed by atoms with Gasteiger partial charge < -0.3 is 15.5 Å². The Morgan fingerprint density at radius 3 is 2.25 bits per heavy atom. The molecule has 0 fully saturated rings. The summed E-state index contributed by atoms with van der Waals surface area (Å²) >= 11 is 3.24. The van der Waals surface area contributed by atoms with Crippen LogP contribution in [0.5, 0.6) is 0 Å². The molecule has 0 aromatic heterocycles. The molecule has 6 heteroatoms. The van der Waals surface area contributed by atoms with E-state index in [-0.39, 0.29) is 0 Å². The first-order valence-corrected chi connectivity index (χ1v) is 5.25. The van der Waals surface area contributed by atoms with E-state index < -0.39 is 24.4 Å². The molecule has 1 aromatic carbocycles. The van der Waals surface area contributed by atoms with Crippen LogP contribution >= 0.6 is 15.9 Å². The molecule has 0 saturated heterocycles. The maximum Gasteiger partial charge on any atom is 0.326 e. The lowest BCUT2D eigenvalue weighted by Crippen LogP contribution is -2.31. The Morgan fingerprint density at radius 1 is 1.25 bits per heavy atom. The standard InChI is InChI=1S/C10H10BrNO4/c11-6-1-3-7(4-2-6)12-8(10(15)16)5-9(13)14/h1-4,8,12H,5H2,(H,13,14)(H,15,16). The van der Waals surface area contributed by atoms with E-state index >= 15 is 0 Å². The van der Waals surface area contributed by atoms with Gasteiger partial charge in [0.1, 0.15) is 6.04 Å². The van der Waals surface area contributed by atoms with Crippen molar-refractivity contribution in [1.29, 1.82) is 0 Å². The van der Waals surface area contributed by atoms with Gasteiger partial charge in [0.05, 0.1) is 6.42 Å². The number of nitrogens with one attached hydrogen (secondary N) is 1. The molecule has 5 nitrogen and oxygen atoms in total. The van der Waals surface area contributed by atoms with Crippen LogP contribution in [-0.4, -0.2) is 28.2 Å². The molecule has 86 valence electrons. The maximum absolute atomic E-state index is 10.8. The minimum atomic E-state index is -1.19. The normalized spacial score (nSPS) is 11.8. The topological polar surface area (TPSA) is 86.6 Å². The van der Waals surface area contributed by atoms with Gasteiger partial charge in [-0.3, -0.25) is 4.79 Å². The highest BCUT2D eigenvalue weighted by molar-refractivity contribution is 9.10. The second-order valence-electron chi connectivity index (χ2n) is 3.14. The number of rotatable bonds is 5. The van der Waals surface area contributed by atoms with E-state index in [2.05, 4.69) is 21.2 Å². The third-order valence-electron chi connectivity index (χ3n) is 1.86. The molecule has 1 unspecified atom stereocenters. The van der Waals surface area contributed by atoms with Gasteiger partial charge in [-0.15, -0.1) is 0 Å². The fourth-order valence-corrected chi connectivity index (χ4v) is 1.39. The van der Waals surface area contributed by atoms with E-state index in [0.29, 0.717) is 5.69 Å². The number of carboxylic acids is 2. The Hall–Kier alpha value is -1.56. The summed E-state index contributed by atoms with van der Waals surface area (Å²) in [5.41, 5.74) is 0.567. The minimum Gasteiger partial charge on any atom is -0.481 e. The van der Waals surface area contributed by atoms with Crippen LogP contribution < -0.4 is 5.32 Å². The summed E-state index contributed by atoms with van der Waals surface area (Å²) in [4.78, 5) is 21.2. The molecule has 3 N–H and O–H groups in total. The number of hydrogen-bond donors (Lipinski definition) is 3. The molecular formula is C10H10BrNO4. The van der Waals surface area contributed by atoms with Crippen molar-refractivity contribution >= 4 is 33.6 Å². The predicted octanol–water partition coefficient (Wildman–Crippen LogP) is 1.79. The molecule has 1 atom stereocenters. The third-order valence-corrected chi connectivity index (χ3v) is 2.39. The molecule has 16 heavy (non-hydrogen) atoms. The lowest BCUT2D eigenvalue weighted by atomic mass is 10.2. The van der Waals surface area contributed by atoms with Crippen molar-refractivity contribution in [3.05, 3.63) is 28.7 Å². The zero-order valence-electron chi connectivity index (χ0n) is 8.18. The predicted molar refractivity (Wildman–Crippen MR) is 61.4 cm³/mol. The minimum absolute atomic E-state index is 0.467. The summed E-state index contributed by atoms with van der Waals surface area (Å²) in [6.07, 6.45) is -0.467. The van der Waals surface area contributed by atoms with Crippen molar-refractivity contribution in [2.24, 2.45) is 0 Å². The summed E-state index contributed by atoms with van der Waals surface area (Å²) in [6, 6.07) is 5.69. The molecule has 0 spiro atoms. The molecule has 0 radical (unpaired) electrons. The average Bonchev–Trinajstić information content (AvgIpc) is 2.19. The van der Waals surface area contributed by atoms with E-state index in [1.807, 2.05) is 0 Å². The van der Waals surface area contributed by atoms with E-state index in [1.165, 1.54) is 0 Å². The summed E-state index contributed by atoms with van der Waals surface area (Å²) in [5, 5.41) is 20.0. The first-order chi connectivity index (χ1) is 7.49. The van der Waals surface area contributed by atoms with Crippen molar-refractivity contribution in [3.63, 3.8) is 0 Å². The van der Waals surface area contributed by atoms with Gasteiger partial charge in [-0.2, -0.15) is 0 Å². The summed E-state index contributed by atoms with van der Waals surface area (Å²) < 4.78 is 0.864. The number of anilines is 1. The molecule has 0 aliphatic rings. The first kappa shape index (κ1) is 12.5. The van der Waals surface area contributed by atoms with E-state index in [4.69, 9.17) is 10.2 Å². The van der Waals surface area contributed by atoms with Gasteiger partial charge in [0.2, 0.25) is 0 Å². The number of aliphatic carboxylic acids is 2. The van der Waals surface area contributed by atoms with Gasteiger partial charge in [-0.05, 0) is 24.3 Å². The second-order valence-corrected chi connectivity index (χ2v) is 4.06. The van der Waals surface area contributed by atoms with E-state index in [0.717, 1.165) is 4.47 Å². The zero-order chi connectivity index (χ0) is 12.1. The average molecular weight is 288 g/mol. The van der Waals surface area contributed by atoms with E-state index in [1.54, 1.807) is 24.3 Å². The summed E-state index contributed by atoms with van der Waals surface area (Å²) in [6.45, 7) is 0. The molecule has 1 rings (SSSR count). The Balaban J connectivity index is 2.71. The van der Waals surface area contributed by atoms with Crippen LogP contribution in [0.25, 0.3) is 0 Å². The van der Waals surface area contributed by atoms with Crippen LogP contribution in [0.2, 0.25) is 0 Å². The van der Waals surface area contributed by atoms with Crippen molar-refractivity contribution < 1.29 is 19.8 Å². The SMILES string of the molecule is O=C(O)CC(Nc1ccc(Br)cc1)C(=O)O. The van der Waals surface area contributed by atoms with Crippen molar-refractivity contribution in [2.45, 2.75) is 12.5 Å². The van der Waals surface area contributed by atoms with Gasteiger partial charge in [0.25, 0.3) is 0 Å².